The fourth-order valence-corrected chi connectivity index (χ4v) is 4.41. The van der Waals surface area contributed by atoms with Crippen molar-refractivity contribution in [3.63, 3.8) is 0 Å². The highest BCUT2D eigenvalue weighted by molar-refractivity contribution is 5.99. The molecule has 1 saturated carbocycles. The van der Waals surface area contributed by atoms with Crippen molar-refractivity contribution in [3.8, 4) is 11.1 Å². The Balaban J connectivity index is 1.90. The summed E-state index contributed by atoms with van der Waals surface area (Å²) < 4.78 is 15.3. The molecule has 0 aliphatic heterocycles. The molecule has 0 atom stereocenters. The zero-order chi connectivity index (χ0) is 22.1. The number of ketones is 1. The molecule has 0 spiro atoms. The third-order valence-corrected chi connectivity index (χ3v) is 6.15. The molecule has 0 saturated heterocycles. The van der Waals surface area contributed by atoms with Crippen molar-refractivity contribution in [1.29, 1.82) is 5.41 Å². The predicted octanol–water partition coefficient (Wildman–Crippen LogP) is 6.37. The van der Waals surface area contributed by atoms with E-state index >= 15 is 4.39 Å². The lowest BCUT2D eigenvalue weighted by Gasteiger charge is -2.13. The normalized spacial score (nSPS) is 13.4. The summed E-state index contributed by atoms with van der Waals surface area (Å²) in [5.41, 5.74) is 4.11. The summed E-state index contributed by atoms with van der Waals surface area (Å²) in [6, 6.07) is 12.5. The van der Waals surface area contributed by atoms with Gasteiger partial charge in [-0.1, -0.05) is 24.3 Å². The number of hydrogen-bond donors (Lipinski definition) is 1. The van der Waals surface area contributed by atoms with Crippen molar-refractivity contribution in [1.82, 2.24) is 0 Å². The van der Waals surface area contributed by atoms with E-state index in [0.717, 1.165) is 59.7 Å². The fourth-order valence-electron chi connectivity index (χ4n) is 4.41. The topological polar surface area (TPSA) is 58.0 Å². The number of hydrogen-bond acceptors (Lipinski definition) is 3. The van der Waals surface area contributed by atoms with Crippen LogP contribution >= 0.6 is 0 Å². The highest BCUT2D eigenvalue weighted by atomic mass is 19.1. The largest absolute Gasteiger partial charge is 0.313 e. The van der Waals surface area contributed by atoms with Crippen molar-refractivity contribution in [2.45, 2.75) is 51.9 Å². The predicted molar refractivity (Wildman–Crippen MR) is 124 cm³/mol. The number of halogens is 1. The van der Waals surface area contributed by atoms with E-state index in [-0.39, 0.29) is 22.6 Å². The number of rotatable bonds is 7. The molecule has 4 heteroatoms. The quantitative estimate of drug-likeness (QED) is 0.277. The molecule has 158 valence electrons. The van der Waals surface area contributed by atoms with Crippen LogP contribution < -0.4 is 5.43 Å². The first kappa shape index (κ1) is 21.1. The van der Waals surface area contributed by atoms with E-state index in [2.05, 4.69) is 0 Å². The van der Waals surface area contributed by atoms with Crippen LogP contribution in [0.4, 0.5) is 4.39 Å². The summed E-state index contributed by atoms with van der Waals surface area (Å²) in [5.74, 6) is -0.317. The summed E-state index contributed by atoms with van der Waals surface area (Å²) in [5, 5.41) is 8.58. The second-order valence-corrected chi connectivity index (χ2v) is 8.47. The molecule has 0 aromatic heterocycles. The van der Waals surface area contributed by atoms with Crippen molar-refractivity contribution in [2.24, 2.45) is 0 Å². The highest BCUT2D eigenvalue weighted by Gasteiger charge is 2.28. The van der Waals surface area contributed by atoms with E-state index in [1.807, 2.05) is 31.2 Å². The molecule has 1 aliphatic carbocycles. The Morgan fingerprint density at radius 1 is 1.16 bits per heavy atom. The summed E-state index contributed by atoms with van der Waals surface area (Å²) in [4.78, 5) is 24.7. The molecule has 1 fully saturated rings. The van der Waals surface area contributed by atoms with Gasteiger partial charge in [-0.25, -0.2) is 4.39 Å². The number of unbranched alkanes of at least 4 members (excludes halogenated alkanes) is 1. The molecule has 31 heavy (non-hydrogen) atoms. The molecule has 4 rings (SSSR count). The van der Waals surface area contributed by atoms with Crippen molar-refractivity contribution in [3.05, 3.63) is 80.8 Å². The molecule has 3 aromatic carbocycles. The maximum absolute atomic E-state index is 15.3. The van der Waals surface area contributed by atoms with E-state index in [1.54, 1.807) is 6.07 Å². The first-order chi connectivity index (χ1) is 14.9. The monoisotopic (exact) mass is 415 g/mol. The number of carbonyl (C=O) groups is 1. The van der Waals surface area contributed by atoms with E-state index in [9.17, 15) is 9.59 Å². The minimum absolute atomic E-state index is 0.175. The van der Waals surface area contributed by atoms with Crippen LogP contribution in [0.25, 0.3) is 21.9 Å². The SMILES string of the molecule is CC(=O)c1cc(C2CC2)c2c(C)c(-c3ccc(CCCC=N)cc3)c(F)cc2cc1=O. The van der Waals surface area contributed by atoms with E-state index < -0.39 is 0 Å². The van der Waals surface area contributed by atoms with Gasteiger partial charge in [0.25, 0.3) is 0 Å². The van der Waals surface area contributed by atoms with Gasteiger partial charge in [0.2, 0.25) is 0 Å². The van der Waals surface area contributed by atoms with Crippen molar-refractivity contribution >= 4 is 22.8 Å². The number of fused-ring (bicyclic) bond motifs is 1. The summed E-state index contributed by atoms with van der Waals surface area (Å²) in [6.07, 6.45) is 6.01. The average Bonchev–Trinajstić information content (AvgIpc) is 3.56. The Morgan fingerprint density at radius 2 is 1.87 bits per heavy atom. The number of Topliss-reactive ketones (excluding diaryl/α,β-unsaturated/α-hetero) is 1. The zero-order valence-electron chi connectivity index (χ0n) is 17.9. The minimum Gasteiger partial charge on any atom is -0.313 e. The highest BCUT2D eigenvalue weighted by Crippen LogP contribution is 2.45. The van der Waals surface area contributed by atoms with Gasteiger partial charge in [-0.05, 0) is 109 Å². The Morgan fingerprint density at radius 3 is 2.48 bits per heavy atom. The fraction of sp³-hybridized carbons (Fsp3) is 0.296. The maximum Gasteiger partial charge on any atom is 0.190 e. The van der Waals surface area contributed by atoms with Gasteiger partial charge in [-0.3, -0.25) is 9.59 Å². The lowest BCUT2D eigenvalue weighted by Crippen LogP contribution is -2.08. The number of aryl methyl sites for hydroxylation is 2. The lowest BCUT2D eigenvalue weighted by atomic mass is 9.91. The molecule has 0 bridgehead atoms. The molecule has 3 nitrogen and oxygen atoms in total. The molecule has 0 heterocycles. The van der Waals surface area contributed by atoms with Gasteiger partial charge in [0, 0.05) is 5.56 Å². The first-order valence-corrected chi connectivity index (χ1v) is 10.8. The molecule has 0 amide bonds. The molecule has 1 aliphatic rings. The van der Waals surface area contributed by atoms with Gasteiger partial charge < -0.3 is 5.41 Å². The zero-order valence-corrected chi connectivity index (χ0v) is 17.9. The first-order valence-electron chi connectivity index (χ1n) is 10.8. The van der Waals surface area contributed by atoms with E-state index in [1.165, 1.54) is 25.3 Å². The third kappa shape index (κ3) is 4.20. The van der Waals surface area contributed by atoms with Gasteiger partial charge in [0.05, 0.1) is 5.56 Å². The third-order valence-electron chi connectivity index (χ3n) is 6.15. The van der Waals surface area contributed by atoms with Crippen LogP contribution in [0.3, 0.4) is 0 Å². The summed E-state index contributed by atoms with van der Waals surface area (Å²) in [7, 11) is 0. The Kier molecular flexibility index (Phi) is 5.81. The van der Waals surface area contributed by atoms with Crippen LogP contribution in [-0.4, -0.2) is 12.0 Å². The number of benzene rings is 2. The van der Waals surface area contributed by atoms with Crippen LogP contribution in [0.1, 0.15) is 65.6 Å². The second-order valence-electron chi connectivity index (χ2n) is 8.47. The molecular formula is C27H26FNO2. The van der Waals surface area contributed by atoms with Gasteiger partial charge in [-0.15, -0.1) is 0 Å². The maximum atomic E-state index is 15.3. The molecule has 3 aromatic rings. The van der Waals surface area contributed by atoms with Crippen LogP contribution in [-0.2, 0) is 6.42 Å². The van der Waals surface area contributed by atoms with Gasteiger partial charge in [0.15, 0.2) is 11.2 Å². The Bertz CT molecular complexity index is 1240. The average molecular weight is 416 g/mol. The van der Waals surface area contributed by atoms with E-state index in [0.29, 0.717) is 16.9 Å². The van der Waals surface area contributed by atoms with Gasteiger partial charge in [-0.2, -0.15) is 0 Å². The number of nitrogens with one attached hydrogen (secondary N) is 1. The summed E-state index contributed by atoms with van der Waals surface area (Å²) in [6.45, 7) is 3.31. The Hall–Kier alpha value is -3.14. The number of carbonyl (C=O) groups excluding carboxylic acids is 1. The van der Waals surface area contributed by atoms with Crippen LogP contribution in [0.15, 0.2) is 47.3 Å². The van der Waals surface area contributed by atoms with E-state index in [4.69, 9.17) is 5.41 Å². The Labute approximate surface area is 181 Å². The van der Waals surface area contributed by atoms with Crippen molar-refractivity contribution < 1.29 is 9.18 Å². The second kappa shape index (κ2) is 8.54. The summed E-state index contributed by atoms with van der Waals surface area (Å²) >= 11 is 0. The molecule has 1 N–H and O–H groups in total. The lowest BCUT2D eigenvalue weighted by molar-refractivity contribution is 0.101. The molecular weight excluding hydrogens is 389 g/mol. The minimum atomic E-state index is -0.363. The van der Waals surface area contributed by atoms with Crippen LogP contribution in [0.5, 0.6) is 0 Å². The van der Waals surface area contributed by atoms with Crippen LogP contribution in [0.2, 0.25) is 0 Å². The van der Waals surface area contributed by atoms with Crippen molar-refractivity contribution in [2.75, 3.05) is 0 Å². The smallest absolute Gasteiger partial charge is 0.190 e. The van der Waals surface area contributed by atoms with Gasteiger partial charge >= 0.3 is 0 Å². The van der Waals surface area contributed by atoms with Gasteiger partial charge in [0.1, 0.15) is 5.82 Å². The standard InChI is InChI=1S/C27H26FNO2/c1-16-26-21(14-25(31)22(17(2)30)15-23(26)19-10-11-19)13-24(28)27(16)20-8-6-18(7-9-20)5-3-4-12-29/h6-9,12-15,19,29H,3-5,10-11H2,1-2H3. The molecule has 0 radical (unpaired) electrons. The molecule has 0 unspecified atom stereocenters. The van der Waals surface area contributed by atoms with Crippen LogP contribution in [0, 0.1) is 18.2 Å².